The normalized spacial score (nSPS) is 14.6. The molecule has 0 fully saturated rings. The number of nitrogens with two attached hydrogens (primary N) is 2. The number of aliphatic carboxylic acids is 2. The number of hydroxylamine groups is 5. The van der Waals surface area contributed by atoms with Crippen molar-refractivity contribution in [3.63, 3.8) is 0 Å². The van der Waals surface area contributed by atoms with Crippen LogP contribution in [0.25, 0.3) is 0 Å². The van der Waals surface area contributed by atoms with Gasteiger partial charge in [-0.15, -0.1) is 0 Å². The summed E-state index contributed by atoms with van der Waals surface area (Å²) in [6.07, 6.45) is -4.86. The van der Waals surface area contributed by atoms with Crippen molar-refractivity contribution in [3.8, 4) is 0 Å². The lowest BCUT2D eigenvalue weighted by Gasteiger charge is -2.26. The molecule has 0 aliphatic rings. The highest BCUT2D eigenvalue weighted by atomic mass is 16.5. The van der Waals surface area contributed by atoms with Crippen molar-refractivity contribution in [1.82, 2.24) is 63.3 Å². The molecule has 0 aliphatic carbocycles. The van der Waals surface area contributed by atoms with Crippen molar-refractivity contribution in [2.75, 3.05) is 65.6 Å². The highest BCUT2D eigenvalue weighted by molar-refractivity contribution is 5.99. The summed E-state index contributed by atoms with van der Waals surface area (Å²) in [5, 5.41) is 117. The minimum atomic E-state index is -2.71. The van der Waals surface area contributed by atoms with Crippen LogP contribution in [0.1, 0.15) is 77.0 Å². The number of aliphatic hydroxyl groups is 4. The smallest absolute Gasteiger partial charge is 0.335 e. The number of hydrogen-bond acceptors (Lipinski definition) is 24. The van der Waals surface area contributed by atoms with Gasteiger partial charge in [-0.3, -0.25) is 67.9 Å². The molecule has 0 radical (unpaired) electrons. The molecule has 0 rings (SSSR count). The first kappa shape index (κ1) is 76.7. The number of amides is 12. The zero-order valence-corrected chi connectivity index (χ0v) is 46.3. The van der Waals surface area contributed by atoms with Crippen LogP contribution < -0.4 is 64.6 Å². The summed E-state index contributed by atoms with van der Waals surface area (Å²) in [5.74, 6) is -13.7. The van der Waals surface area contributed by atoms with E-state index in [0.717, 1.165) is 0 Å². The van der Waals surface area contributed by atoms with E-state index in [1.807, 2.05) is 21.3 Å². The Morgan fingerprint density at radius 3 is 1.18 bits per heavy atom. The van der Waals surface area contributed by atoms with E-state index in [2.05, 4.69) is 37.0 Å². The van der Waals surface area contributed by atoms with Crippen LogP contribution >= 0.6 is 0 Å². The van der Waals surface area contributed by atoms with Crippen molar-refractivity contribution in [2.45, 2.75) is 138 Å². The summed E-state index contributed by atoms with van der Waals surface area (Å²) in [6.45, 7) is -2.87. The Kier molecular flexibility index (Phi) is 39.9. The Morgan fingerprint density at radius 1 is 0.482 bits per heavy atom. The summed E-state index contributed by atoms with van der Waals surface area (Å²) in [6, 6.07) is -14.7. The Labute approximate surface area is 485 Å². The number of carboxylic acids is 2. The van der Waals surface area contributed by atoms with E-state index in [4.69, 9.17) is 11.5 Å². The lowest BCUT2D eigenvalue weighted by Crippen LogP contribution is -2.62. The second kappa shape index (κ2) is 44.2. The Morgan fingerprint density at radius 2 is 0.835 bits per heavy atom. The number of aliphatic hydroxyl groups excluding tert-OH is 4. The number of carbonyl (C=O) groups is 14. The van der Waals surface area contributed by atoms with Crippen LogP contribution in [-0.2, 0) is 67.1 Å². The molecule has 0 bridgehead atoms. The number of rotatable bonds is 50. The Balaban J connectivity index is 5.94. The lowest BCUT2D eigenvalue weighted by atomic mass is 10.1. The summed E-state index contributed by atoms with van der Waals surface area (Å²) in [5.41, 5.74) is 10.9. The topological polar surface area (TPSA) is 618 Å². The molecule has 10 atom stereocenters. The molecule has 0 saturated heterocycles. The Bertz CT molecular complexity index is 2200. The number of nitrogens with one attached hydrogen (secondary N) is 10. The largest absolute Gasteiger partial charge is 0.600 e. The van der Waals surface area contributed by atoms with Gasteiger partial charge in [0.25, 0.3) is 0 Å². The fraction of sp³-hybridized carbons (Fsp3) is 0.696. The maximum absolute atomic E-state index is 13.4. The molecule has 10 unspecified atom stereocenters. The Hall–Kier alpha value is -8.34. The van der Waals surface area contributed by atoms with E-state index in [-0.39, 0.29) is 118 Å². The van der Waals surface area contributed by atoms with Crippen LogP contribution in [0.3, 0.4) is 0 Å². The quantitative estimate of drug-likeness (QED) is 0.00672. The monoisotopic (exact) mass is 1220 g/mol. The molecular formula is C46H80N16O23. The summed E-state index contributed by atoms with van der Waals surface area (Å²) in [7, 11) is 0. The van der Waals surface area contributed by atoms with Crippen LogP contribution in [0.2, 0.25) is 0 Å². The lowest BCUT2D eigenvalue weighted by molar-refractivity contribution is -0.531. The molecule has 0 spiro atoms. The molecule has 85 heavy (non-hydrogen) atoms. The third kappa shape index (κ3) is 31.2. The van der Waals surface area contributed by atoms with Gasteiger partial charge in [0.15, 0.2) is 18.8 Å². The number of unbranched alkanes of at least 4 members (excludes halogenated alkanes) is 2. The molecule has 39 nitrogen and oxygen atoms in total. The van der Waals surface area contributed by atoms with E-state index in [9.17, 15) is 113 Å². The average Bonchev–Trinajstić information content (AvgIpc) is 3.69. The van der Waals surface area contributed by atoms with Gasteiger partial charge in [-0.25, -0.2) is 19.7 Å². The first-order valence-corrected chi connectivity index (χ1v) is 26.6. The van der Waals surface area contributed by atoms with Crippen molar-refractivity contribution in [1.29, 1.82) is 0 Å². The fourth-order valence-corrected chi connectivity index (χ4v) is 7.31. The first-order chi connectivity index (χ1) is 40.4. The SMILES string of the molecule is NCCCCNC(=O)C(CCCN(O)C=O)NC(=O)C(CO)NC(=O)C(NC(=O)C(CCCN=[N+]([O-])CCCC(NC=O)C(=O)NC(C(=O)NC(CO)C(=O)NC(CCCN(O)C=O)C(=O)NCCCCN)C(O)C(=O)O)NC=O)C(O)C(=O)O. The number of carboxylic acid groups (broad SMARTS) is 2. The average molecular weight is 1230 g/mol. The van der Waals surface area contributed by atoms with Gasteiger partial charge in [-0.1, -0.05) is 4.86 Å². The maximum atomic E-state index is 13.4. The molecule has 0 aliphatic heterocycles. The predicted molar refractivity (Wildman–Crippen MR) is 283 cm³/mol. The molecule has 39 heteroatoms. The number of azo groups is 1. The van der Waals surface area contributed by atoms with Crippen LogP contribution in [-0.4, -0.2) is 267 Å². The van der Waals surface area contributed by atoms with Crippen LogP contribution in [0.4, 0.5) is 0 Å². The van der Waals surface area contributed by atoms with E-state index < -0.39 is 146 Å². The molecule has 0 aromatic carbocycles. The van der Waals surface area contributed by atoms with Gasteiger partial charge in [0.05, 0.1) is 13.2 Å². The molecular weight excluding hydrogens is 1140 g/mol. The number of hydrogen-bond donors (Lipinski definition) is 20. The maximum Gasteiger partial charge on any atom is 0.335 e. The van der Waals surface area contributed by atoms with Crippen LogP contribution in [0.5, 0.6) is 0 Å². The van der Waals surface area contributed by atoms with Gasteiger partial charge in [0.1, 0.15) is 54.9 Å². The van der Waals surface area contributed by atoms with Gasteiger partial charge in [0.2, 0.25) is 72.9 Å². The summed E-state index contributed by atoms with van der Waals surface area (Å²) < 4.78 is 0. The summed E-state index contributed by atoms with van der Waals surface area (Å²) in [4.78, 5) is 174. The van der Waals surface area contributed by atoms with E-state index >= 15 is 0 Å². The molecule has 0 saturated carbocycles. The van der Waals surface area contributed by atoms with Crippen molar-refractivity contribution >= 4 is 84.8 Å². The molecule has 0 heterocycles. The molecule has 12 amide bonds. The van der Waals surface area contributed by atoms with E-state index in [1.54, 1.807) is 0 Å². The van der Waals surface area contributed by atoms with Crippen LogP contribution in [0, 0.1) is 5.21 Å². The van der Waals surface area contributed by atoms with Gasteiger partial charge in [-0.2, -0.15) is 0 Å². The van der Waals surface area contributed by atoms with Crippen molar-refractivity contribution < 1.29 is 113 Å². The highest BCUT2D eigenvalue weighted by Gasteiger charge is 2.39. The third-order valence-corrected chi connectivity index (χ3v) is 12.0. The fourth-order valence-electron chi connectivity index (χ4n) is 7.31. The minimum Gasteiger partial charge on any atom is -0.600 e. The minimum absolute atomic E-state index is 0.0319. The van der Waals surface area contributed by atoms with Gasteiger partial charge < -0.3 is 100 Å². The van der Waals surface area contributed by atoms with E-state index in [0.29, 0.717) is 38.8 Å². The highest BCUT2D eigenvalue weighted by Crippen LogP contribution is 2.08. The van der Waals surface area contributed by atoms with Gasteiger partial charge >= 0.3 is 11.9 Å². The van der Waals surface area contributed by atoms with Crippen molar-refractivity contribution in [2.24, 2.45) is 16.6 Å². The van der Waals surface area contributed by atoms with Crippen molar-refractivity contribution in [3.05, 3.63) is 5.21 Å². The van der Waals surface area contributed by atoms with Gasteiger partial charge in [0, 0.05) is 32.6 Å². The number of nitrogens with zero attached hydrogens (tertiary/aromatic N) is 4. The second-order valence-electron chi connectivity index (χ2n) is 18.4. The second-order valence-corrected chi connectivity index (χ2v) is 18.4. The predicted octanol–water partition coefficient (Wildman–Crippen LogP) is -10.5. The zero-order valence-electron chi connectivity index (χ0n) is 46.3. The van der Waals surface area contributed by atoms with Gasteiger partial charge in [-0.05, 0) is 88.8 Å². The van der Waals surface area contributed by atoms with Crippen LogP contribution in [0.15, 0.2) is 5.11 Å². The standard InChI is InChI=1S/C46H80N16O23/c47-13-1-3-15-49-37(71)29(11-6-18-60(83)25-67)54-41(75)31(21-63)56-43(77)33(35(69)45(79)80)58-39(73)27(51-23-65)9-5-17-53-62(85)20-8-10-28(52-24-66)40(74)59-34(36(70)46(81)82)44(78)57-32(22-64)42(76)55-30(12-7-19-61(84)26-68)38(72)50-16-4-2-14-48/h23-36,63-64,69-70,83-84H,1-22,47-48H2,(H,49,71)(H,50,72)(H,51,65)(H,52,66)(H,54,75)(H,55,76)(H,56,77)(H,57,78)(H,58,73)(H,59,74)(H,79,80)(H,81,82). The molecule has 22 N–H and O–H groups in total. The zero-order chi connectivity index (χ0) is 64.4. The van der Waals surface area contributed by atoms with E-state index in [1.165, 1.54) is 0 Å². The number of carbonyl (C=O) groups excluding carboxylic acids is 12. The molecule has 0 aromatic rings. The molecule has 482 valence electrons. The third-order valence-electron chi connectivity index (χ3n) is 12.0. The molecule has 0 aromatic heterocycles. The first-order valence-electron chi connectivity index (χ1n) is 26.6. The summed E-state index contributed by atoms with van der Waals surface area (Å²) >= 11 is 0.